The van der Waals surface area contributed by atoms with Crippen molar-refractivity contribution >= 4 is 5.78 Å². The van der Waals surface area contributed by atoms with E-state index in [1.807, 2.05) is 0 Å². The molecule has 1 heteroatoms. The Labute approximate surface area is 187 Å². The van der Waals surface area contributed by atoms with Crippen LogP contribution in [0.15, 0.2) is 0 Å². The fourth-order valence-electron chi connectivity index (χ4n) is 8.38. The first-order chi connectivity index (χ1) is 14.6. The summed E-state index contributed by atoms with van der Waals surface area (Å²) in [5, 5.41) is 0. The number of ketones is 1. The number of carbonyl (C=O) groups is 1. The van der Waals surface area contributed by atoms with Gasteiger partial charge in [0.25, 0.3) is 0 Å². The van der Waals surface area contributed by atoms with E-state index < -0.39 is 0 Å². The van der Waals surface area contributed by atoms with Crippen molar-refractivity contribution in [3.63, 3.8) is 0 Å². The van der Waals surface area contributed by atoms with Crippen molar-refractivity contribution in [3.8, 4) is 0 Å². The lowest BCUT2D eigenvalue weighted by Gasteiger charge is -2.59. The Morgan fingerprint density at radius 1 is 0.633 bits per heavy atom. The molecule has 4 fully saturated rings. The molecule has 0 heterocycles. The van der Waals surface area contributed by atoms with Crippen molar-refractivity contribution in [2.24, 2.45) is 34.5 Å². The Morgan fingerprint density at radius 2 is 1.13 bits per heavy atom. The number of Topliss-reactive ketones (excluding diaryl/α,β-unsaturated/α-hetero) is 1. The first kappa shape index (κ1) is 22.8. The number of rotatable bonds is 8. The summed E-state index contributed by atoms with van der Waals surface area (Å²) in [6.07, 6.45) is 27.5. The minimum atomic E-state index is 0.143. The molecule has 0 aromatic heterocycles. The zero-order chi connectivity index (χ0) is 21.0. The molecular formula is C29H50O. The molecular weight excluding hydrogens is 364 g/mol. The fraction of sp³-hybridized carbons (Fsp3) is 0.966. The maximum atomic E-state index is 13.5. The smallest absolute Gasteiger partial charge is 0.145 e. The van der Waals surface area contributed by atoms with Gasteiger partial charge in [0.1, 0.15) is 5.78 Å². The van der Waals surface area contributed by atoms with Crippen LogP contribution >= 0.6 is 0 Å². The molecule has 0 saturated heterocycles. The van der Waals surface area contributed by atoms with Crippen LogP contribution in [-0.4, -0.2) is 5.78 Å². The minimum Gasteiger partial charge on any atom is -0.298 e. The minimum absolute atomic E-state index is 0.143. The fourth-order valence-corrected chi connectivity index (χ4v) is 8.38. The van der Waals surface area contributed by atoms with Crippen molar-refractivity contribution in [1.29, 1.82) is 0 Å². The molecule has 4 aliphatic carbocycles. The van der Waals surface area contributed by atoms with Gasteiger partial charge in [0.2, 0.25) is 0 Å². The van der Waals surface area contributed by atoms with Crippen LogP contribution in [-0.2, 0) is 4.79 Å². The van der Waals surface area contributed by atoms with Gasteiger partial charge in [-0.3, -0.25) is 4.79 Å². The summed E-state index contributed by atoms with van der Waals surface area (Å²) in [7, 11) is 0. The lowest BCUT2D eigenvalue weighted by molar-refractivity contribution is -0.169. The van der Waals surface area contributed by atoms with E-state index in [4.69, 9.17) is 0 Å². The molecule has 0 atom stereocenters. The number of unbranched alkanes of at least 4 members (excludes halogenated alkanes) is 3. The van der Waals surface area contributed by atoms with E-state index in [2.05, 4.69) is 13.8 Å². The second kappa shape index (κ2) is 10.1. The molecule has 172 valence electrons. The van der Waals surface area contributed by atoms with Crippen LogP contribution in [0.1, 0.15) is 142 Å². The van der Waals surface area contributed by atoms with Gasteiger partial charge >= 0.3 is 0 Å². The molecule has 0 unspecified atom stereocenters. The SMILES string of the molecule is CCCCCC1CCC(C2CCC3(CC2)CC2(CCC(CCCC)CC2)C3=O)CC1. The Morgan fingerprint density at radius 3 is 1.70 bits per heavy atom. The van der Waals surface area contributed by atoms with Gasteiger partial charge in [0.05, 0.1) is 0 Å². The highest BCUT2D eigenvalue weighted by Gasteiger charge is 2.63. The number of hydrogen-bond acceptors (Lipinski definition) is 1. The highest BCUT2D eigenvalue weighted by molar-refractivity contribution is 5.96. The maximum absolute atomic E-state index is 13.5. The molecule has 0 N–H and O–H groups in total. The monoisotopic (exact) mass is 414 g/mol. The Bertz CT molecular complexity index is 539. The largest absolute Gasteiger partial charge is 0.298 e. The lowest BCUT2D eigenvalue weighted by Crippen LogP contribution is -2.59. The first-order valence-corrected chi connectivity index (χ1v) is 14.2. The summed E-state index contributed by atoms with van der Waals surface area (Å²) in [5.74, 6) is 4.63. The third kappa shape index (κ3) is 4.71. The van der Waals surface area contributed by atoms with Crippen LogP contribution in [0.4, 0.5) is 0 Å². The van der Waals surface area contributed by atoms with Gasteiger partial charge in [-0.2, -0.15) is 0 Å². The van der Waals surface area contributed by atoms with Crippen LogP contribution in [0.25, 0.3) is 0 Å². The van der Waals surface area contributed by atoms with Gasteiger partial charge in [-0.05, 0) is 94.3 Å². The summed E-state index contributed by atoms with van der Waals surface area (Å²) in [6, 6.07) is 0. The molecule has 2 spiro atoms. The highest BCUT2D eigenvalue weighted by atomic mass is 16.1. The Balaban J connectivity index is 1.19. The second-order valence-corrected chi connectivity index (χ2v) is 12.3. The molecule has 4 rings (SSSR count). The molecule has 0 aromatic carbocycles. The van der Waals surface area contributed by atoms with E-state index in [0.29, 0.717) is 0 Å². The van der Waals surface area contributed by atoms with E-state index in [0.717, 1.165) is 29.5 Å². The van der Waals surface area contributed by atoms with Crippen molar-refractivity contribution in [1.82, 2.24) is 0 Å². The molecule has 4 saturated carbocycles. The summed E-state index contributed by atoms with van der Waals surface area (Å²) >= 11 is 0. The Kier molecular flexibility index (Phi) is 7.68. The number of hydrogen-bond donors (Lipinski definition) is 0. The maximum Gasteiger partial charge on any atom is 0.145 e. The molecule has 0 bridgehead atoms. The Hall–Kier alpha value is -0.330. The van der Waals surface area contributed by atoms with E-state index in [1.54, 1.807) is 0 Å². The zero-order valence-corrected chi connectivity index (χ0v) is 20.4. The molecule has 0 aliphatic heterocycles. The standard InChI is InChI=1S/C29H50O/c1-3-5-7-9-23-10-12-25(13-11-23)26-16-20-29(21-17-26)22-28(27(29)30)18-14-24(15-19-28)8-6-4-2/h23-26H,3-22H2,1-2H3. The molecule has 30 heavy (non-hydrogen) atoms. The average molecular weight is 415 g/mol. The normalized spacial score (nSPS) is 41.9. The van der Waals surface area contributed by atoms with Gasteiger partial charge in [-0.15, -0.1) is 0 Å². The lowest BCUT2D eigenvalue weighted by atomic mass is 9.42. The van der Waals surface area contributed by atoms with Crippen LogP contribution in [0.5, 0.6) is 0 Å². The summed E-state index contributed by atoms with van der Waals surface area (Å²) in [6.45, 7) is 4.62. The molecule has 1 nitrogen and oxygen atoms in total. The van der Waals surface area contributed by atoms with Crippen LogP contribution < -0.4 is 0 Å². The van der Waals surface area contributed by atoms with Gasteiger partial charge in [-0.1, -0.05) is 71.6 Å². The van der Waals surface area contributed by atoms with Gasteiger partial charge in [0.15, 0.2) is 0 Å². The van der Waals surface area contributed by atoms with E-state index in [-0.39, 0.29) is 10.8 Å². The third-order valence-electron chi connectivity index (χ3n) is 10.4. The van der Waals surface area contributed by atoms with Crippen LogP contribution in [0.3, 0.4) is 0 Å². The second-order valence-electron chi connectivity index (χ2n) is 12.3. The van der Waals surface area contributed by atoms with Crippen molar-refractivity contribution in [3.05, 3.63) is 0 Å². The number of carbonyl (C=O) groups excluding carboxylic acids is 1. The molecule has 4 aliphatic rings. The van der Waals surface area contributed by atoms with Gasteiger partial charge in [-0.25, -0.2) is 0 Å². The summed E-state index contributed by atoms with van der Waals surface area (Å²) < 4.78 is 0. The quantitative estimate of drug-likeness (QED) is 0.362. The summed E-state index contributed by atoms with van der Waals surface area (Å²) in [5.41, 5.74) is 0.288. The average Bonchev–Trinajstić information content (AvgIpc) is 2.79. The predicted octanol–water partition coefficient (Wildman–Crippen LogP) is 8.89. The predicted molar refractivity (Wildman–Crippen MR) is 128 cm³/mol. The third-order valence-corrected chi connectivity index (χ3v) is 10.4. The highest BCUT2D eigenvalue weighted by Crippen LogP contribution is 2.64. The van der Waals surface area contributed by atoms with Crippen molar-refractivity contribution < 1.29 is 4.79 Å². The first-order valence-electron chi connectivity index (χ1n) is 14.2. The molecule has 0 radical (unpaired) electrons. The van der Waals surface area contributed by atoms with Crippen LogP contribution in [0, 0.1) is 34.5 Å². The van der Waals surface area contributed by atoms with E-state index >= 15 is 0 Å². The summed E-state index contributed by atoms with van der Waals surface area (Å²) in [4.78, 5) is 13.5. The van der Waals surface area contributed by atoms with Crippen LogP contribution in [0.2, 0.25) is 0 Å². The van der Waals surface area contributed by atoms with Gasteiger partial charge in [0, 0.05) is 10.8 Å². The van der Waals surface area contributed by atoms with Crippen molar-refractivity contribution in [2.75, 3.05) is 0 Å². The van der Waals surface area contributed by atoms with E-state index in [9.17, 15) is 4.79 Å². The van der Waals surface area contributed by atoms with Crippen molar-refractivity contribution in [2.45, 2.75) is 142 Å². The molecule has 0 amide bonds. The topological polar surface area (TPSA) is 17.1 Å². The molecule has 0 aromatic rings. The van der Waals surface area contributed by atoms with E-state index in [1.165, 1.54) is 128 Å². The zero-order valence-electron chi connectivity index (χ0n) is 20.4. The van der Waals surface area contributed by atoms with Gasteiger partial charge < -0.3 is 0 Å².